The van der Waals surface area contributed by atoms with Gasteiger partial charge in [0.05, 0.1) is 22.0 Å². The van der Waals surface area contributed by atoms with Crippen molar-refractivity contribution in [2.45, 2.75) is 6.92 Å². The monoisotopic (exact) mass is 338 g/mol. The average Bonchev–Trinajstić information content (AvgIpc) is 3.28. The molecule has 0 bridgehead atoms. The molecule has 8 heteroatoms. The molecule has 0 saturated heterocycles. The fourth-order valence-electron chi connectivity index (χ4n) is 2.20. The maximum absolute atomic E-state index is 6.28. The minimum Gasteiger partial charge on any atom is -0.333 e. The Balaban J connectivity index is 1.74. The van der Waals surface area contributed by atoms with Crippen molar-refractivity contribution in [1.82, 2.24) is 30.1 Å². The van der Waals surface area contributed by atoms with Crippen LogP contribution in [0.4, 0.5) is 0 Å². The summed E-state index contributed by atoms with van der Waals surface area (Å²) in [7, 11) is 0. The van der Waals surface area contributed by atoms with Crippen LogP contribution in [0.5, 0.6) is 0 Å². The number of aryl methyl sites for hydroxylation is 1. The van der Waals surface area contributed by atoms with Gasteiger partial charge in [-0.2, -0.15) is 15.2 Å². The van der Waals surface area contributed by atoms with Gasteiger partial charge in [0.2, 0.25) is 5.82 Å². The topological polar surface area (TPSA) is 82.5 Å². The van der Waals surface area contributed by atoms with Crippen LogP contribution in [-0.2, 0) is 0 Å². The third kappa shape index (κ3) is 2.65. The first-order chi connectivity index (χ1) is 11.7. The molecule has 0 amide bonds. The summed E-state index contributed by atoms with van der Waals surface area (Å²) in [4.78, 5) is 4.37. The first-order valence-corrected chi connectivity index (χ1v) is 7.53. The van der Waals surface area contributed by atoms with E-state index in [1.807, 2.05) is 37.4 Å². The van der Waals surface area contributed by atoms with Gasteiger partial charge in [-0.3, -0.25) is 0 Å². The summed E-state index contributed by atoms with van der Waals surface area (Å²) in [6, 6.07) is 10.9. The second-order valence-electron chi connectivity index (χ2n) is 5.10. The fourth-order valence-corrected chi connectivity index (χ4v) is 2.39. The molecule has 0 unspecified atom stereocenters. The molecule has 0 saturated carbocycles. The third-order valence-electron chi connectivity index (χ3n) is 3.40. The van der Waals surface area contributed by atoms with Gasteiger partial charge in [0.15, 0.2) is 0 Å². The van der Waals surface area contributed by atoms with E-state index in [1.165, 1.54) is 0 Å². The standard InChI is InChI=1S/C16H11ClN6O/c1-10-3-6-14(21-20-10)15-19-16(24-22-15)12-9-11(4-5-13(12)17)23-8-2-7-18-23/h2-9H,1H3. The molecule has 0 N–H and O–H groups in total. The second-order valence-corrected chi connectivity index (χ2v) is 5.51. The van der Waals surface area contributed by atoms with Crippen LogP contribution in [0, 0.1) is 6.92 Å². The van der Waals surface area contributed by atoms with E-state index < -0.39 is 0 Å². The lowest BCUT2D eigenvalue weighted by Crippen LogP contribution is -1.95. The molecule has 0 aliphatic heterocycles. The molecule has 24 heavy (non-hydrogen) atoms. The molecule has 1 aromatic carbocycles. The quantitative estimate of drug-likeness (QED) is 0.569. The Morgan fingerprint density at radius 3 is 2.79 bits per heavy atom. The molecule has 118 valence electrons. The second kappa shape index (κ2) is 5.86. The van der Waals surface area contributed by atoms with Crippen LogP contribution in [0.1, 0.15) is 5.69 Å². The Bertz CT molecular complexity index is 978. The summed E-state index contributed by atoms with van der Waals surface area (Å²) < 4.78 is 7.07. The molecule has 7 nitrogen and oxygen atoms in total. The Morgan fingerprint density at radius 1 is 1.12 bits per heavy atom. The van der Waals surface area contributed by atoms with Crippen LogP contribution in [0.15, 0.2) is 53.3 Å². The molecule has 0 radical (unpaired) electrons. The van der Waals surface area contributed by atoms with Crippen molar-refractivity contribution in [3.63, 3.8) is 0 Å². The predicted molar refractivity (Wildman–Crippen MR) is 87.6 cm³/mol. The molecule has 0 aliphatic carbocycles. The van der Waals surface area contributed by atoms with E-state index in [2.05, 4.69) is 25.4 Å². The number of hydrogen-bond acceptors (Lipinski definition) is 6. The molecule has 0 atom stereocenters. The molecule has 4 aromatic rings. The number of aromatic nitrogens is 6. The first-order valence-electron chi connectivity index (χ1n) is 7.15. The Hall–Kier alpha value is -3.06. The first kappa shape index (κ1) is 14.5. The van der Waals surface area contributed by atoms with E-state index in [0.29, 0.717) is 28.0 Å². The van der Waals surface area contributed by atoms with Gasteiger partial charge in [-0.1, -0.05) is 16.8 Å². The Labute approximate surface area is 141 Å². The largest absolute Gasteiger partial charge is 0.333 e. The Morgan fingerprint density at radius 2 is 2.04 bits per heavy atom. The van der Waals surface area contributed by atoms with Crippen molar-refractivity contribution in [1.29, 1.82) is 0 Å². The maximum atomic E-state index is 6.28. The molecule has 3 heterocycles. The fraction of sp³-hybridized carbons (Fsp3) is 0.0625. The van der Waals surface area contributed by atoms with Crippen LogP contribution in [0.25, 0.3) is 28.7 Å². The summed E-state index contributed by atoms with van der Waals surface area (Å²) in [6.45, 7) is 1.86. The van der Waals surface area contributed by atoms with Crippen molar-refractivity contribution in [3.8, 4) is 28.7 Å². The number of rotatable bonds is 3. The van der Waals surface area contributed by atoms with Crippen molar-refractivity contribution < 1.29 is 4.52 Å². The van der Waals surface area contributed by atoms with Gasteiger partial charge < -0.3 is 4.52 Å². The SMILES string of the molecule is Cc1ccc(-c2noc(-c3cc(-n4cccn4)ccc3Cl)n2)nn1. The number of nitrogens with zero attached hydrogens (tertiary/aromatic N) is 6. The summed E-state index contributed by atoms with van der Waals surface area (Å²) in [6.07, 6.45) is 3.54. The average molecular weight is 339 g/mol. The Kier molecular flexibility index (Phi) is 3.55. The molecule has 0 spiro atoms. The lowest BCUT2D eigenvalue weighted by Gasteiger charge is -2.04. The highest BCUT2D eigenvalue weighted by Crippen LogP contribution is 2.30. The minimum absolute atomic E-state index is 0.311. The van der Waals surface area contributed by atoms with Crippen molar-refractivity contribution in [2.75, 3.05) is 0 Å². The predicted octanol–water partition coefficient (Wildman–Crippen LogP) is 3.34. The molecule has 0 fully saturated rings. The smallest absolute Gasteiger partial charge is 0.259 e. The maximum Gasteiger partial charge on any atom is 0.259 e. The zero-order valence-electron chi connectivity index (χ0n) is 12.6. The van der Waals surface area contributed by atoms with Gasteiger partial charge in [0.25, 0.3) is 5.89 Å². The highest BCUT2D eigenvalue weighted by molar-refractivity contribution is 6.33. The highest BCUT2D eigenvalue weighted by atomic mass is 35.5. The summed E-state index contributed by atoms with van der Waals surface area (Å²) in [5.74, 6) is 0.671. The molecule has 4 rings (SSSR count). The van der Waals surface area contributed by atoms with Gasteiger partial charge in [-0.05, 0) is 43.3 Å². The van der Waals surface area contributed by atoms with E-state index in [9.17, 15) is 0 Å². The van der Waals surface area contributed by atoms with Gasteiger partial charge in [0.1, 0.15) is 5.69 Å². The van der Waals surface area contributed by atoms with E-state index in [1.54, 1.807) is 23.0 Å². The van der Waals surface area contributed by atoms with Gasteiger partial charge >= 0.3 is 0 Å². The number of hydrogen-bond donors (Lipinski definition) is 0. The van der Waals surface area contributed by atoms with E-state index >= 15 is 0 Å². The summed E-state index contributed by atoms with van der Waals surface area (Å²) >= 11 is 6.28. The van der Waals surface area contributed by atoms with Crippen LogP contribution in [0.3, 0.4) is 0 Å². The van der Waals surface area contributed by atoms with Crippen molar-refractivity contribution >= 4 is 11.6 Å². The van der Waals surface area contributed by atoms with E-state index in [4.69, 9.17) is 16.1 Å². The zero-order valence-corrected chi connectivity index (χ0v) is 13.3. The van der Waals surface area contributed by atoms with E-state index in [0.717, 1.165) is 11.4 Å². The minimum atomic E-state index is 0.311. The highest BCUT2D eigenvalue weighted by Gasteiger charge is 2.15. The normalized spacial score (nSPS) is 10.9. The lowest BCUT2D eigenvalue weighted by molar-refractivity contribution is 0.432. The van der Waals surface area contributed by atoms with Gasteiger partial charge in [-0.15, -0.1) is 5.10 Å². The summed E-state index contributed by atoms with van der Waals surface area (Å²) in [5.41, 5.74) is 2.82. The van der Waals surface area contributed by atoms with Crippen LogP contribution < -0.4 is 0 Å². The van der Waals surface area contributed by atoms with Crippen LogP contribution in [0.2, 0.25) is 5.02 Å². The van der Waals surface area contributed by atoms with Crippen LogP contribution in [-0.4, -0.2) is 30.1 Å². The molecular formula is C16H11ClN6O. The van der Waals surface area contributed by atoms with Crippen molar-refractivity contribution in [3.05, 3.63) is 59.5 Å². The van der Waals surface area contributed by atoms with E-state index in [-0.39, 0.29) is 0 Å². The third-order valence-corrected chi connectivity index (χ3v) is 3.73. The van der Waals surface area contributed by atoms with Crippen LogP contribution >= 0.6 is 11.6 Å². The van der Waals surface area contributed by atoms with Gasteiger partial charge in [-0.25, -0.2) is 4.68 Å². The number of halogens is 1. The molecule has 0 aliphatic rings. The number of benzene rings is 1. The summed E-state index contributed by atoms with van der Waals surface area (Å²) in [5, 5.41) is 16.7. The molecular weight excluding hydrogens is 328 g/mol. The lowest BCUT2D eigenvalue weighted by atomic mass is 10.2. The van der Waals surface area contributed by atoms with Gasteiger partial charge in [0, 0.05) is 12.4 Å². The van der Waals surface area contributed by atoms with Crippen molar-refractivity contribution in [2.24, 2.45) is 0 Å². The zero-order chi connectivity index (χ0) is 16.5. The molecule has 3 aromatic heterocycles.